The van der Waals surface area contributed by atoms with Gasteiger partial charge in [-0.2, -0.15) is 0 Å². The van der Waals surface area contributed by atoms with Crippen LogP contribution in [0.5, 0.6) is 5.75 Å². The summed E-state index contributed by atoms with van der Waals surface area (Å²) >= 11 is 0. The van der Waals surface area contributed by atoms with Gasteiger partial charge in [0.2, 0.25) is 0 Å². The molecule has 21 heavy (non-hydrogen) atoms. The quantitative estimate of drug-likeness (QED) is 0.928. The Kier molecular flexibility index (Phi) is 3.88. The van der Waals surface area contributed by atoms with Crippen LogP contribution in [0.25, 0.3) is 0 Å². The molecule has 0 aromatic heterocycles. The molecule has 0 saturated carbocycles. The van der Waals surface area contributed by atoms with Crippen LogP contribution in [0.15, 0.2) is 42.5 Å². The molecular formula is C17H17F2NO. The van der Waals surface area contributed by atoms with Gasteiger partial charge in [-0.1, -0.05) is 31.2 Å². The maximum Gasteiger partial charge on any atom is 0.129 e. The molecule has 0 spiro atoms. The Morgan fingerprint density at radius 2 is 1.86 bits per heavy atom. The van der Waals surface area contributed by atoms with Crippen LogP contribution in [0.3, 0.4) is 0 Å². The van der Waals surface area contributed by atoms with Gasteiger partial charge in [-0.05, 0) is 17.7 Å². The lowest BCUT2D eigenvalue weighted by molar-refractivity contribution is 0.166. The zero-order chi connectivity index (χ0) is 14.8. The first-order valence-electron chi connectivity index (χ1n) is 7.11. The molecule has 2 atom stereocenters. The molecule has 2 aromatic rings. The first-order valence-corrected chi connectivity index (χ1v) is 7.11. The third-order valence-electron chi connectivity index (χ3n) is 3.73. The van der Waals surface area contributed by atoms with Gasteiger partial charge < -0.3 is 10.1 Å². The molecule has 4 heteroatoms. The second-order valence-electron chi connectivity index (χ2n) is 5.20. The van der Waals surface area contributed by atoms with Crippen molar-refractivity contribution in [2.24, 2.45) is 0 Å². The molecule has 1 N–H and O–H groups in total. The van der Waals surface area contributed by atoms with E-state index in [-0.39, 0.29) is 17.9 Å². The van der Waals surface area contributed by atoms with Crippen LogP contribution in [0.4, 0.5) is 8.78 Å². The molecule has 1 aliphatic rings. The smallest absolute Gasteiger partial charge is 0.129 e. The molecule has 2 unspecified atom stereocenters. The average molecular weight is 289 g/mol. The second kappa shape index (κ2) is 5.82. The van der Waals surface area contributed by atoms with E-state index in [2.05, 4.69) is 17.4 Å². The normalized spacial score (nSPS) is 20.3. The van der Waals surface area contributed by atoms with Crippen molar-refractivity contribution in [1.82, 2.24) is 5.32 Å². The van der Waals surface area contributed by atoms with Crippen molar-refractivity contribution >= 4 is 0 Å². The SMILES string of the molecule is CCNC1c2ccccc2CC1Oc1cc(F)cc(F)c1. The molecule has 0 heterocycles. The lowest BCUT2D eigenvalue weighted by atomic mass is 10.1. The molecule has 0 bridgehead atoms. The Bertz CT molecular complexity index is 624. The first kappa shape index (κ1) is 14.0. The van der Waals surface area contributed by atoms with Crippen molar-refractivity contribution in [3.8, 4) is 5.75 Å². The van der Waals surface area contributed by atoms with Crippen LogP contribution in [-0.4, -0.2) is 12.6 Å². The van der Waals surface area contributed by atoms with Crippen LogP contribution in [0, 0.1) is 11.6 Å². The van der Waals surface area contributed by atoms with Crippen LogP contribution in [0.1, 0.15) is 24.1 Å². The monoisotopic (exact) mass is 289 g/mol. The van der Waals surface area contributed by atoms with Crippen LogP contribution < -0.4 is 10.1 Å². The van der Waals surface area contributed by atoms with E-state index in [0.717, 1.165) is 19.0 Å². The third-order valence-corrected chi connectivity index (χ3v) is 3.73. The van der Waals surface area contributed by atoms with E-state index in [1.165, 1.54) is 23.3 Å². The minimum atomic E-state index is -0.625. The van der Waals surface area contributed by atoms with Gasteiger partial charge in [-0.3, -0.25) is 0 Å². The van der Waals surface area contributed by atoms with Crippen molar-refractivity contribution in [3.05, 3.63) is 65.2 Å². The maximum absolute atomic E-state index is 13.3. The molecule has 110 valence electrons. The maximum atomic E-state index is 13.3. The van der Waals surface area contributed by atoms with Crippen molar-refractivity contribution in [2.45, 2.75) is 25.5 Å². The zero-order valence-corrected chi connectivity index (χ0v) is 11.8. The fourth-order valence-electron chi connectivity index (χ4n) is 2.90. The number of hydrogen-bond acceptors (Lipinski definition) is 2. The number of benzene rings is 2. The molecule has 2 aromatic carbocycles. The first-order chi connectivity index (χ1) is 10.2. The van der Waals surface area contributed by atoms with E-state index in [4.69, 9.17) is 4.74 Å². The second-order valence-corrected chi connectivity index (χ2v) is 5.20. The highest BCUT2D eigenvalue weighted by Crippen LogP contribution is 2.34. The van der Waals surface area contributed by atoms with Crippen molar-refractivity contribution in [3.63, 3.8) is 0 Å². The van der Waals surface area contributed by atoms with Crippen molar-refractivity contribution in [2.75, 3.05) is 6.54 Å². The van der Waals surface area contributed by atoms with E-state index in [0.29, 0.717) is 0 Å². The summed E-state index contributed by atoms with van der Waals surface area (Å²) in [6.07, 6.45) is 0.565. The molecule has 0 amide bonds. The molecule has 0 fully saturated rings. The fourth-order valence-corrected chi connectivity index (χ4v) is 2.90. The molecule has 0 radical (unpaired) electrons. The van der Waals surface area contributed by atoms with Crippen LogP contribution >= 0.6 is 0 Å². The average Bonchev–Trinajstić information content (AvgIpc) is 2.76. The Morgan fingerprint density at radius 1 is 1.14 bits per heavy atom. The summed E-state index contributed by atoms with van der Waals surface area (Å²) in [5.41, 5.74) is 2.41. The third kappa shape index (κ3) is 2.90. The molecule has 2 nitrogen and oxygen atoms in total. The predicted molar refractivity (Wildman–Crippen MR) is 77.3 cm³/mol. The number of ether oxygens (including phenoxy) is 1. The van der Waals surface area contributed by atoms with E-state index >= 15 is 0 Å². The molecular weight excluding hydrogens is 272 g/mol. The highest BCUT2D eigenvalue weighted by atomic mass is 19.1. The Balaban J connectivity index is 1.85. The van der Waals surface area contributed by atoms with E-state index in [9.17, 15) is 8.78 Å². The summed E-state index contributed by atoms with van der Waals surface area (Å²) in [4.78, 5) is 0. The van der Waals surface area contributed by atoms with Gasteiger partial charge in [0, 0.05) is 24.6 Å². The lowest BCUT2D eigenvalue weighted by Crippen LogP contribution is -2.32. The Labute approximate surface area is 122 Å². The largest absolute Gasteiger partial charge is 0.488 e. The Hall–Kier alpha value is -1.94. The molecule has 1 aliphatic carbocycles. The zero-order valence-electron chi connectivity index (χ0n) is 11.8. The predicted octanol–water partition coefficient (Wildman–Crippen LogP) is 3.62. The van der Waals surface area contributed by atoms with Gasteiger partial charge in [0.1, 0.15) is 23.5 Å². The van der Waals surface area contributed by atoms with Gasteiger partial charge >= 0.3 is 0 Å². The molecule has 3 rings (SSSR count). The summed E-state index contributed by atoms with van der Waals surface area (Å²) in [5, 5.41) is 3.39. The van der Waals surface area contributed by atoms with Gasteiger partial charge in [-0.15, -0.1) is 0 Å². The van der Waals surface area contributed by atoms with E-state index in [1.807, 2.05) is 19.1 Å². The van der Waals surface area contributed by atoms with Gasteiger partial charge in [0.25, 0.3) is 0 Å². The van der Waals surface area contributed by atoms with Crippen LogP contribution in [0.2, 0.25) is 0 Å². The summed E-state index contributed by atoms with van der Waals surface area (Å²) in [5.74, 6) is -1.02. The number of fused-ring (bicyclic) bond motifs is 1. The highest BCUT2D eigenvalue weighted by Gasteiger charge is 2.33. The van der Waals surface area contributed by atoms with E-state index in [1.54, 1.807) is 0 Å². The molecule has 0 aliphatic heterocycles. The fraction of sp³-hybridized carbons (Fsp3) is 0.294. The Morgan fingerprint density at radius 3 is 2.57 bits per heavy atom. The highest BCUT2D eigenvalue weighted by molar-refractivity contribution is 5.37. The number of halogens is 2. The van der Waals surface area contributed by atoms with Crippen LogP contribution in [-0.2, 0) is 6.42 Å². The topological polar surface area (TPSA) is 21.3 Å². The number of nitrogens with one attached hydrogen (secondary N) is 1. The summed E-state index contributed by atoms with van der Waals surface area (Å²) in [6, 6.07) is 11.4. The van der Waals surface area contributed by atoms with Gasteiger partial charge in [0.15, 0.2) is 0 Å². The van der Waals surface area contributed by atoms with Gasteiger partial charge in [-0.25, -0.2) is 8.78 Å². The van der Waals surface area contributed by atoms with E-state index < -0.39 is 11.6 Å². The van der Waals surface area contributed by atoms with Crippen molar-refractivity contribution in [1.29, 1.82) is 0 Å². The lowest BCUT2D eigenvalue weighted by Gasteiger charge is -2.22. The number of likely N-dealkylation sites (N-methyl/N-ethyl adjacent to an activating group) is 1. The minimum absolute atomic E-state index is 0.0394. The van der Waals surface area contributed by atoms with Crippen molar-refractivity contribution < 1.29 is 13.5 Å². The number of hydrogen-bond donors (Lipinski definition) is 1. The summed E-state index contributed by atoms with van der Waals surface area (Å²) in [6.45, 7) is 2.83. The van der Waals surface area contributed by atoms with Gasteiger partial charge in [0.05, 0.1) is 6.04 Å². The summed E-state index contributed by atoms with van der Waals surface area (Å²) in [7, 11) is 0. The molecule has 0 saturated heterocycles. The minimum Gasteiger partial charge on any atom is -0.488 e. The summed E-state index contributed by atoms with van der Waals surface area (Å²) < 4.78 is 32.4. The standard InChI is InChI=1S/C17H17F2NO/c1-2-20-17-15-6-4-3-5-11(15)7-16(17)21-14-9-12(18)8-13(19)10-14/h3-6,8-10,16-17,20H,2,7H2,1H3. The number of rotatable bonds is 4.